The lowest BCUT2D eigenvalue weighted by atomic mass is 10.0. The van der Waals surface area contributed by atoms with Gasteiger partial charge in [-0.05, 0) is 38.3 Å². The first-order valence-electron chi connectivity index (χ1n) is 8.20. The maximum atomic E-state index is 13.0. The fraction of sp³-hybridized carbons (Fsp3) is 0.333. The van der Waals surface area contributed by atoms with E-state index in [1.165, 1.54) is 0 Å². The van der Waals surface area contributed by atoms with Crippen LogP contribution in [0.5, 0.6) is 0 Å². The van der Waals surface area contributed by atoms with Crippen LogP contribution in [-0.2, 0) is 0 Å². The summed E-state index contributed by atoms with van der Waals surface area (Å²) in [6, 6.07) is 12.2. The Labute approximate surface area is 140 Å². The monoisotopic (exact) mass is 321 g/mol. The minimum atomic E-state index is -0.121. The normalized spacial score (nSPS) is 17.6. The molecule has 1 atom stereocenters. The van der Waals surface area contributed by atoms with Gasteiger partial charge in [0.2, 0.25) is 5.82 Å². The van der Waals surface area contributed by atoms with Crippen molar-refractivity contribution in [3.05, 3.63) is 59.2 Å². The molecule has 1 aliphatic heterocycles. The third kappa shape index (κ3) is 2.44. The number of carbonyl (C=O) groups excluding carboxylic acids is 1. The van der Waals surface area contributed by atoms with Crippen LogP contribution >= 0.6 is 0 Å². The second-order valence-electron chi connectivity index (χ2n) is 6.25. The summed E-state index contributed by atoms with van der Waals surface area (Å²) in [4.78, 5) is 23.6. The molecule has 0 spiro atoms. The zero-order chi connectivity index (χ0) is 16.7. The molecule has 122 valence electrons. The number of nitrogens with zero attached hydrogens (tertiary/aromatic N) is 5. The Balaban J connectivity index is 1.69. The summed E-state index contributed by atoms with van der Waals surface area (Å²) < 4.78 is 1.63. The minimum absolute atomic E-state index is 0.0982. The molecular weight excluding hydrogens is 302 g/mol. The molecule has 0 saturated carbocycles. The van der Waals surface area contributed by atoms with E-state index in [9.17, 15) is 4.79 Å². The summed E-state index contributed by atoms with van der Waals surface area (Å²) in [7, 11) is 0. The SMILES string of the molecule is Cc1cc(C)n2nc(C(=O)N3CCCC3c3ccccc3)nc2n1. The van der Waals surface area contributed by atoms with Crippen LogP contribution in [0.2, 0.25) is 0 Å². The van der Waals surface area contributed by atoms with Gasteiger partial charge in [-0.2, -0.15) is 4.98 Å². The summed E-state index contributed by atoms with van der Waals surface area (Å²) in [5.74, 6) is 0.578. The Morgan fingerprint density at radius 2 is 1.96 bits per heavy atom. The number of benzene rings is 1. The molecular formula is C18H19N5O. The Morgan fingerprint density at radius 3 is 2.75 bits per heavy atom. The number of aryl methyl sites for hydroxylation is 2. The molecule has 0 N–H and O–H groups in total. The van der Waals surface area contributed by atoms with Crippen LogP contribution in [0.25, 0.3) is 5.78 Å². The molecule has 1 saturated heterocycles. The van der Waals surface area contributed by atoms with E-state index < -0.39 is 0 Å². The minimum Gasteiger partial charge on any atom is -0.329 e. The van der Waals surface area contributed by atoms with Crippen LogP contribution in [-0.4, -0.2) is 36.9 Å². The van der Waals surface area contributed by atoms with Gasteiger partial charge in [-0.1, -0.05) is 30.3 Å². The molecule has 3 aromatic rings. The lowest BCUT2D eigenvalue weighted by molar-refractivity contribution is 0.0723. The summed E-state index contributed by atoms with van der Waals surface area (Å²) in [5, 5.41) is 4.38. The third-order valence-corrected chi connectivity index (χ3v) is 4.51. The summed E-state index contributed by atoms with van der Waals surface area (Å²) in [6.45, 7) is 4.59. The Hall–Kier alpha value is -2.76. The van der Waals surface area contributed by atoms with E-state index in [0.717, 1.165) is 36.3 Å². The van der Waals surface area contributed by atoms with Gasteiger partial charge < -0.3 is 4.90 Å². The average Bonchev–Trinajstić information content (AvgIpc) is 3.22. The Kier molecular flexibility index (Phi) is 3.52. The molecule has 0 radical (unpaired) electrons. The number of aromatic nitrogens is 4. The number of carbonyl (C=O) groups is 1. The molecule has 1 aromatic carbocycles. The van der Waals surface area contributed by atoms with Crippen molar-refractivity contribution < 1.29 is 4.79 Å². The molecule has 1 unspecified atom stereocenters. The first-order chi connectivity index (χ1) is 11.6. The van der Waals surface area contributed by atoms with Crippen molar-refractivity contribution in [2.45, 2.75) is 32.7 Å². The second kappa shape index (κ2) is 5.70. The first kappa shape index (κ1) is 14.8. The lowest BCUT2D eigenvalue weighted by Crippen LogP contribution is -2.31. The van der Waals surface area contributed by atoms with Gasteiger partial charge in [-0.25, -0.2) is 9.50 Å². The highest BCUT2D eigenvalue weighted by atomic mass is 16.2. The zero-order valence-electron chi connectivity index (χ0n) is 13.8. The van der Waals surface area contributed by atoms with Gasteiger partial charge in [-0.3, -0.25) is 4.79 Å². The molecule has 0 bridgehead atoms. The van der Waals surface area contributed by atoms with Gasteiger partial charge in [0.15, 0.2) is 0 Å². The fourth-order valence-corrected chi connectivity index (χ4v) is 3.42. The van der Waals surface area contributed by atoms with Gasteiger partial charge in [-0.15, -0.1) is 5.10 Å². The van der Waals surface area contributed by atoms with E-state index in [0.29, 0.717) is 5.78 Å². The highest BCUT2D eigenvalue weighted by Gasteiger charge is 2.32. The van der Waals surface area contributed by atoms with Gasteiger partial charge >= 0.3 is 0 Å². The number of fused-ring (bicyclic) bond motifs is 1. The van der Waals surface area contributed by atoms with Crippen LogP contribution in [0.1, 0.15) is 46.5 Å². The molecule has 4 rings (SSSR count). The van der Waals surface area contributed by atoms with Crippen molar-refractivity contribution in [1.29, 1.82) is 0 Å². The fourth-order valence-electron chi connectivity index (χ4n) is 3.42. The highest BCUT2D eigenvalue weighted by Crippen LogP contribution is 2.32. The molecule has 0 aliphatic carbocycles. The zero-order valence-corrected chi connectivity index (χ0v) is 13.8. The molecule has 1 aliphatic rings. The third-order valence-electron chi connectivity index (χ3n) is 4.51. The lowest BCUT2D eigenvalue weighted by Gasteiger charge is -2.23. The van der Waals surface area contributed by atoms with Crippen LogP contribution < -0.4 is 0 Å². The van der Waals surface area contributed by atoms with Gasteiger partial charge in [0, 0.05) is 17.9 Å². The van der Waals surface area contributed by atoms with E-state index >= 15 is 0 Å². The van der Waals surface area contributed by atoms with Crippen LogP contribution in [0, 0.1) is 13.8 Å². The van der Waals surface area contributed by atoms with Crippen molar-refractivity contribution in [3.8, 4) is 0 Å². The van der Waals surface area contributed by atoms with Crippen LogP contribution in [0.3, 0.4) is 0 Å². The number of amides is 1. The second-order valence-corrected chi connectivity index (χ2v) is 6.25. The molecule has 6 nitrogen and oxygen atoms in total. The molecule has 6 heteroatoms. The van der Waals surface area contributed by atoms with Crippen molar-refractivity contribution >= 4 is 11.7 Å². The van der Waals surface area contributed by atoms with Gasteiger partial charge in [0.05, 0.1) is 6.04 Å². The van der Waals surface area contributed by atoms with E-state index in [1.807, 2.05) is 43.0 Å². The standard InChI is InChI=1S/C18H19N5O/c1-12-11-13(2)23-18(19-12)20-16(21-23)17(24)22-10-6-9-15(22)14-7-4-3-5-8-14/h3-5,7-8,11,15H,6,9-10H2,1-2H3. The predicted octanol–water partition coefficient (Wildman–Crippen LogP) is 2.72. The van der Waals surface area contributed by atoms with Crippen molar-refractivity contribution in [3.63, 3.8) is 0 Å². The van der Waals surface area contributed by atoms with Gasteiger partial charge in [0.1, 0.15) is 0 Å². The van der Waals surface area contributed by atoms with E-state index in [2.05, 4.69) is 27.2 Å². The van der Waals surface area contributed by atoms with Gasteiger partial charge in [0.25, 0.3) is 11.7 Å². The smallest absolute Gasteiger partial charge is 0.294 e. The Bertz CT molecular complexity index is 902. The summed E-state index contributed by atoms with van der Waals surface area (Å²) >= 11 is 0. The van der Waals surface area contributed by atoms with E-state index in [-0.39, 0.29) is 17.8 Å². The van der Waals surface area contributed by atoms with Crippen LogP contribution in [0.15, 0.2) is 36.4 Å². The van der Waals surface area contributed by atoms with Crippen molar-refractivity contribution in [2.24, 2.45) is 0 Å². The molecule has 1 amide bonds. The van der Waals surface area contributed by atoms with E-state index in [4.69, 9.17) is 0 Å². The molecule has 3 heterocycles. The Morgan fingerprint density at radius 1 is 1.17 bits per heavy atom. The molecule has 1 fully saturated rings. The maximum absolute atomic E-state index is 13.0. The number of rotatable bonds is 2. The maximum Gasteiger partial charge on any atom is 0.294 e. The molecule has 24 heavy (non-hydrogen) atoms. The topological polar surface area (TPSA) is 63.4 Å². The van der Waals surface area contributed by atoms with Crippen molar-refractivity contribution in [1.82, 2.24) is 24.5 Å². The summed E-state index contributed by atoms with van der Waals surface area (Å²) in [6.07, 6.45) is 1.97. The highest BCUT2D eigenvalue weighted by molar-refractivity contribution is 5.91. The number of hydrogen-bond donors (Lipinski definition) is 0. The number of likely N-dealkylation sites (tertiary alicyclic amines) is 1. The largest absolute Gasteiger partial charge is 0.329 e. The average molecular weight is 321 g/mol. The molecule has 2 aromatic heterocycles. The first-order valence-corrected chi connectivity index (χ1v) is 8.20. The summed E-state index contributed by atoms with van der Waals surface area (Å²) in [5.41, 5.74) is 2.96. The van der Waals surface area contributed by atoms with Crippen LogP contribution in [0.4, 0.5) is 0 Å². The number of hydrogen-bond acceptors (Lipinski definition) is 4. The quantitative estimate of drug-likeness (QED) is 0.728. The van der Waals surface area contributed by atoms with E-state index in [1.54, 1.807) is 4.52 Å². The van der Waals surface area contributed by atoms with Crippen molar-refractivity contribution in [2.75, 3.05) is 6.54 Å². The predicted molar refractivity (Wildman–Crippen MR) is 89.7 cm³/mol.